The molecular weight excluding hydrogens is 353 g/mol. The lowest BCUT2D eigenvalue weighted by Crippen LogP contribution is -2.27. The van der Waals surface area contributed by atoms with E-state index in [-0.39, 0.29) is 23.3 Å². The first-order chi connectivity index (χ1) is 13.0. The second-order valence-corrected chi connectivity index (χ2v) is 6.56. The molecule has 1 aliphatic rings. The minimum atomic E-state index is -0.974. The van der Waals surface area contributed by atoms with Crippen molar-refractivity contribution in [2.75, 3.05) is 13.2 Å². The Morgan fingerprint density at radius 1 is 1.11 bits per heavy atom. The van der Waals surface area contributed by atoms with Crippen LogP contribution >= 0.6 is 0 Å². The van der Waals surface area contributed by atoms with E-state index in [0.29, 0.717) is 30.8 Å². The minimum Gasteiger partial charge on any atom is -0.353 e. The highest BCUT2D eigenvalue weighted by Gasteiger charge is 2.25. The van der Waals surface area contributed by atoms with Gasteiger partial charge in [0.05, 0.1) is 6.61 Å². The summed E-state index contributed by atoms with van der Waals surface area (Å²) < 4.78 is 54.3. The van der Waals surface area contributed by atoms with E-state index in [2.05, 4.69) is 0 Å². The first kappa shape index (κ1) is 19.6. The molecular formula is C22H23F3O2. The fraction of sp³-hybridized carbons (Fsp3) is 0.364. The maximum Gasteiger partial charge on any atom is 0.167 e. The molecule has 0 aliphatic carbocycles. The van der Waals surface area contributed by atoms with Crippen LogP contribution in [0.25, 0.3) is 17.2 Å². The van der Waals surface area contributed by atoms with Crippen molar-refractivity contribution < 1.29 is 22.6 Å². The molecule has 27 heavy (non-hydrogen) atoms. The lowest BCUT2D eigenvalue weighted by atomic mass is 9.91. The maximum atomic E-state index is 14.7. The van der Waals surface area contributed by atoms with E-state index in [1.54, 1.807) is 25.1 Å². The Hall–Kier alpha value is -2.11. The fourth-order valence-corrected chi connectivity index (χ4v) is 3.41. The van der Waals surface area contributed by atoms with Gasteiger partial charge in [-0.3, -0.25) is 0 Å². The molecule has 1 heterocycles. The predicted molar refractivity (Wildman–Crippen MR) is 99.8 cm³/mol. The van der Waals surface area contributed by atoms with Gasteiger partial charge in [0.25, 0.3) is 0 Å². The van der Waals surface area contributed by atoms with Gasteiger partial charge in [0, 0.05) is 23.7 Å². The van der Waals surface area contributed by atoms with Crippen molar-refractivity contribution in [2.45, 2.75) is 38.9 Å². The zero-order chi connectivity index (χ0) is 19.4. The van der Waals surface area contributed by atoms with Crippen LogP contribution in [0.4, 0.5) is 13.2 Å². The topological polar surface area (TPSA) is 18.5 Å². The van der Waals surface area contributed by atoms with Crippen LogP contribution in [0.15, 0.2) is 36.4 Å². The molecule has 2 nitrogen and oxygen atoms in total. The maximum absolute atomic E-state index is 14.7. The molecule has 2 atom stereocenters. The third-order valence-electron chi connectivity index (χ3n) is 4.80. The molecule has 144 valence electrons. The van der Waals surface area contributed by atoms with Gasteiger partial charge < -0.3 is 9.47 Å². The summed E-state index contributed by atoms with van der Waals surface area (Å²) in [4.78, 5) is 0. The quantitative estimate of drug-likeness (QED) is 0.631. The van der Waals surface area contributed by atoms with Crippen molar-refractivity contribution in [1.29, 1.82) is 0 Å². The molecule has 2 unspecified atom stereocenters. The first-order valence-corrected chi connectivity index (χ1v) is 9.18. The fourth-order valence-electron chi connectivity index (χ4n) is 3.41. The molecule has 0 spiro atoms. The molecule has 0 aromatic heterocycles. The largest absolute Gasteiger partial charge is 0.353 e. The monoisotopic (exact) mass is 376 g/mol. The third-order valence-corrected chi connectivity index (χ3v) is 4.80. The lowest BCUT2D eigenvalue weighted by Gasteiger charge is -2.29. The predicted octanol–water partition coefficient (Wildman–Crippen LogP) is 6.06. The zero-order valence-corrected chi connectivity index (χ0v) is 15.5. The average Bonchev–Trinajstić information content (AvgIpc) is 2.67. The van der Waals surface area contributed by atoms with E-state index in [9.17, 15) is 13.2 Å². The van der Waals surface area contributed by atoms with Crippen LogP contribution in [0.5, 0.6) is 0 Å². The van der Waals surface area contributed by atoms with Gasteiger partial charge in [-0.25, -0.2) is 13.2 Å². The molecule has 0 radical (unpaired) electrons. The molecule has 0 amide bonds. The van der Waals surface area contributed by atoms with Gasteiger partial charge in [0.1, 0.15) is 5.82 Å². The Morgan fingerprint density at radius 2 is 1.93 bits per heavy atom. The van der Waals surface area contributed by atoms with Crippen molar-refractivity contribution in [3.8, 4) is 11.1 Å². The molecule has 1 fully saturated rings. The van der Waals surface area contributed by atoms with E-state index in [1.807, 2.05) is 6.92 Å². The van der Waals surface area contributed by atoms with Crippen LogP contribution in [-0.4, -0.2) is 19.5 Å². The first-order valence-electron chi connectivity index (χ1n) is 9.18. The Kier molecular flexibility index (Phi) is 6.34. The second kappa shape index (κ2) is 8.72. The number of ether oxygens (including phenoxy) is 2. The van der Waals surface area contributed by atoms with E-state index >= 15 is 0 Å². The summed E-state index contributed by atoms with van der Waals surface area (Å²) in [6.45, 7) is 4.58. The number of benzene rings is 2. The van der Waals surface area contributed by atoms with Crippen LogP contribution in [0.3, 0.4) is 0 Å². The number of allylic oxidation sites excluding steroid dienone is 1. The SMILES string of the molecule is C/C=C/c1ccc(-c2ccc(C3CCC(OCC)OC3)c(F)c2)c(F)c1F. The highest BCUT2D eigenvalue weighted by Crippen LogP contribution is 2.33. The molecule has 1 saturated heterocycles. The summed E-state index contributed by atoms with van der Waals surface area (Å²) in [5.41, 5.74) is 1.05. The number of hydrogen-bond acceptors (Lipinski definition) is 2. The Labute approximate surface area is 157 Å². The number of halogens is 3. The molecule has 5 heteroatoms. The highest BCUT2D eigenvalue weighted by atomic mass is 19.2. The number of rotatable bonds is 5. The van der Waals surface area contributed by atoms with Crippen molar-refractivity contribution in [3.63, 3.8) is 0 Å². The van der Waals surface area contributed by atoms with Gasteiger partial charge in [0.15, 0.2) is 17.9 Å². The zero-order valence-electron chi connectivity index (χ0n) is 15.5. The minimum absolute atomic E-state index is 0.0440. The van der Waals surface area contributed by atoms with Gasteiger partial charge in [-0.1, -0.05) is 36.4 Å². The number of hydrogen-bond donors (Lipinski definition) is 0. The van der Waals surface area contributed by atoms with E-state index in [0.717, 1.165) is 6.42 Å². The normalized spacial score (nSPS) is 20.3. The van der Waals surface area contributed by atoms with Crippen molar-refractivity contribution in [3.05, 3.63) is 65.0 Å². The Morgan fingerprint density at radius 3 is 2.56 bits per heavy atom. The van der Waals surface area contributed by atoms with Crippen molar-refractivity contribution >= 4 is 6.08 Å². The van der Waals surface area contributed by atoms with Crippen molar-refractivity contribution in [2.24, 2.45) is 0 Å². The van der Waals surface area contributed by atoms with E-state index < -0.39 is 17.5 Å². The molecule has 0 saturated carbocycles. The van der Waals surface area contributed by atoms with E-state index in [1.165, 1.54) is 24.3 Å². The van der Waals surface area contributed by atoms with Crippen molar-refractivity contribution in [1.82, 2.24) is 0 Å². The smallest absolute Gasteiger partial charge is 0.167 e. The summed E-state index contributed by atoms with van der Waals surface area (Å²) >= 11 is 0. The highest BCUT2D eigenvalue weighted by molar-refractivity contribution is 5.67. The molecule has 0 bridgehead atoms. The standard InChI is InChI=1S/C22H23F3O2/c1-3-5-14-6-10-18(22(25)21(14)24)15-7-9-17(19(23)12-15)16-8-11-20(26-4-2)27-13-16/h3,5-7,9-10,12,16,20H,4,8,11,13H2,1-2H3/b5-3+. The van der Waals surface area contributed by atoms with Gasteiger partial charge >= 0.3 is 0 Å². The van der Waals surface area contributed by atoms with Gasteiger partial charge in [-0.15, -0.1) is 0 Å². The third kappa shape index (κ3) is 4.25. The van der Waals surface area contributed by atoms with Crippen LogP contribution in [0, 0.1) is 17.5 Å². The molecule has 0 N–H and O–H groups in total. The van der Waals surface area contributed by atoms with Gasteiger partial charge in [0.2, 0.25) is 0 Å². The van der Waals surface area contributed by atoms with Crippen LogP contribution < -0.4 is 0 Å². The van der Waals surface area contributed by atoms with Crippen LogP contribution in [-0.2, 0) is 9.47 Å². The Balaban J connectivity index is 1.83. The average molecular weight is 376 g/mol. The van der Waals surface area contributed by atoms with E-state index in [4.69, 9.17) is 9.47 Å². The molecule has 2 aromatic rings. The van der Waals surface area contributed by atoms with Crippen LogP contribution in [0.1, 0.15) is 43.7 Å². The second-order valence-electron chi connectivity index (χ2n) is 6.56. The molecule has 2 aromatic carbocycles. The summed E-state index contributed by atoms with van der Waals surface area (Å²) in [7, 11) is 0. The molecule has 1 aliphatic heterocycles. The van der Waals surface area contributed by atoms with Crippen LogP contribution in [0.2, 0.25) is 0 Å². The summed E-state index contributed by atoms with van der Waals surface area (Å²) in [6.07, 6.45) is 4.34. The van der Waals surface area contributed by atoms with Gasteiger partial charge in [-0.2, -0.15) is 0 Å². The summed E-state index contributed by atoms with van der Waals surface area (Å²) in [5, 5.41) is 0. The summed E-state index contributed by atoms with van der Waals surface area (Å²) in [6, 6.07) is 7.48. The summed E-state index contributed by atoms with van der Waals surface area (Å²) in [5.74, 6) is -2.42. The molecule has 3 rings (SSSR count). The van der Waals surface area contributed by atoms with Gasteiger partial charge in [-0.05, 0) is 43.9 Å². The lowest BCUT2D eigenvalue weighted by molar-refractivity contribution is -0.164. The Bertz CT molecular complexity index is 825.